The van der Waals surface area contributed by atoms with Crippen molar-refractivity contribution in [3.05, 3.63) is 60.2 Å². The third-order valence-electron chi connectivity index (χ3n) is 3.57. The lowest BCUT2D eigenvalue weighted by Crippen LogP contribution is -2.10. The van der Waals surface area contributed by atoms with E-state index in [2.05, 4.69) is 19.4 Å². The Morgan fingerprint density at radius 3 is 2.56 bits per heavy atom. The highest BCUT2D eigenvalue weighted by Crippen LogP contribution is 2.34. The predicted octanol–water partition coefficient (Wildman–Crippen LogP) is 3.58. The molecule has 1 amide bonds. The molecule has 0 saturated carbocycles. The van der Waals surface area contributed by atoms with E-state index >= 15 is 0 Å². The number of primary amides is 1. The van der Waals surface area contributed by atoms with Gasteiger partial charge in [0.1, 0.15) is 18.6 Å². The van der Waals surface area contributed by atoms with Gasteiger partial charge in [0.2, 0.25) is 11.8 Å². The monoisotopic (exact) mass is 449 g/mol. The van der Waals surface area contributed by atoms with E-state index in [1.165, 1.54) is 30.7 Å². The Bertz CT molecular complexity index is 1010. The highest BCUT2D eigenvalue weighted by Gasteiger charge is 2.16. The van der Waals surface area contributed by atoms with Crippen LogP contribution in [0.5, 0.6) is 11.5 Å². The van der Waals surface area contributed by atoms with E-state index in [0.717, 1.165) is 0 Å². The average molecular weight is 449 g/mol. The van der Waals surface area contributed by atoms with Gasteiger partial charge in [-0.3, -0.25) is 14.6 Å². The van der Waals surface area contributed by atoms with Gasteiger partial charge in [0, 0.05) is 18.0 Å². The number of alkyl halides is 2. The molecule has 2 N–H and O–H groups in total. The number of nitrogens with two attached hydrogens (primary N) is 1. The molecule has 0 unspecified atom stereocenters. The molecule has 1 aromatic carbocycles. The van der Waals surface area contributed by atoms with Crippen molar-refractivity contribution in [3.63, 3.8) is 0 Å². The van der Waals surface area contributed by atoms with Gasteiger partial charge in [0.05, 0.1) is 11.7 Å². The Balaban J connectivity index is 0.000000336. The fourth-order valence-electron chi connectivity index (χ4n) is 2.31. The minimum Gasteiger partial charge on any atom is -0.487 e. The molecule has 3 aromatic rings. The molecule has 0 atom stereocenters. The van der Waals surface area contributed by atoms with Gasteiger partial charge in [-0.05, 0) is 44.2 Å². The van der Waals surface area contributed by atoms with Gasteiger partial charge >= 0.3 is 6.61 Å². The zero-order valence-corrected chi connectivity index (χ0v) is 17.2. The normalized spacial score (nSPS) is 10.3. The number of amides is 1. The molecule has 32 heavy (non-hydrogen) atoms. The van der Waals surface area contributed by atoms with Gasteiger partial charge in [-0.1, -0.05) is 0 Å². The molecular weight excluding hydrogens is 428 g/mol. The van der Waals surface area contributed by atoms with Gasteiger partial charge in [-0.25, -0.2) is 4.98 Å². The van der Waals surface area contributed by atoms with Crippen LogP contribution in [0, 0.1) is 0 Å². The Labute approximate surface area is 182 Å². The smallest absolute Gasteiger partial charge is 0.387 e. The number of aromatic nitrogens is 2. The van der Waals surface area contributed by atoms with Crippen molar-refractivity contribution in [2.24, 2.45) is 5.73 Å². The second-order valence-corrected chi connectivity index (χ2v) is 6.36. The number of hydrogen-bond donors (Lipinski definition) is 1. The third kappa shape index (κ3) is 7.67. The van der Waals surface area contributed by atoms with Crippen LogP contribution in [0.2, 0.25) is 0 Å². The van der Waals surface area contributed by atoms with Crippen molar-refractivity contribution in [2.75, 3.05) is 0 Å². The predicted molar refractivity (Wildman–Crippen MR) is 108 cm³/mol. The van der Waals surface area contributed by atoms with Crippen LogP contribution < -0.4 is 15.2 Å². The van der Waals surface area contributed by atoms with Crippen LogP contribution in [0.4, 0.5) is 8.78 Å². The molecule has 0 spiro atoms. The molecule has 0 aliphatic heterocycles. The summed E-state index contributed by atoms with van der Waals surface area (Å²) >= 11 is 0. The molecule has 0 fully saturated rings. The summed E-state index contributed by atoms with van der Waals surface area (Å²) in [5.41, 5.74) is 6.31. The minimum atomic E-state index is -2.95. The van der Waals surface area contributed by atoms with E-state index in [4.69, 9.17) is 14.9 Å². The maximum Gasteiger partial charge on any atom is 0.387 e. The van der Waals surface area contributed by atoms with Gasteiger partial charge in [-0.15, -0.1) is 0 Å². The van der Waals surface area contributed by atoms with E-state index < -0.39 is 12.5 Å². The summed E-state index contributed by atoms with van der Waals surface area (Å²) in [6.07, 6.45) is 4.13. The van der Waals surface area contributed by atoms with Gasteiger partial charge in [0.25, 0.3) is 6.47 Å². The lowest BCUT2D eigenvalue weighted by Gasteiger charge is -2.15. The molecule has 2 heterocycles. The Hall–Kier alpha value is -4.02. The van der Waals surface area contributed by atoms with E-state index in [-0.39, 0.29) is 30.1 Å². The van der Waals surface area contributed by atoms with Crippen LogP contribution in [0.15, 0.2) is 53.4 Å². The standard InChI is InChI=1S/C15H15F2NO5.C6H6N2O/c1-9(2)22-13-5-10(3-4-12(13)23-15(16)17)14-18-11(7-21-14)6-20-8-19;7-6(9)5-2-1-3-8-4-5/h3-5,7-9,15H,6H2,1-2H3;1-4H,(H2,7,9). The first-order valence-electron chi connectivity index (χ1n) is 9.25. The number of rotatable bonds is 9. The van der Waals surface area contributed by atoms with Gasteiger partial charge < -0.3 is 24.4 Å². The summed E-state index contributed by atoms with van der Waals surface area (Å²) in [4.78, 5) is 28.4. The molecule has 0 aliphatic carbocycles. The minimum absolute atomic E-state index is 0.0189. The Morgan fingerprint density at radius 2 is 2.00 bits per heavy atom. The number of nitrogens with zero attached hydrogens (tertiary/aromatic N) is 2. The highest BCUT2D eigenvalue weighted by atomic mass is 19.3. The van der Waals surface area contributed by atoms with Gasteiger partial charge in [0.15, 0.2) is 11.5 Å². The molecule has 0 radical (unpaired) electrons. The number of hydrogen-bond acceptors (Lipinski definition) is 8. The summed E-state index contributed by atoms with van der Waals surface area (Å²) < 4.78 is 44.6. The second-order valence-electron chi connectivity index (χ2n) is 6.36. The van der Waals surface area contributed by atoms with E-state index in [1.54, 1.807) is 32.2 Å². The van der Waals surface area contributed by atoms with Crippen LogP contribution >= 0.6 is 0 Å². The summed E-state index contributed by atoms with van der Waals surface area (Å²) in [7, 11) is 0. The average Bonchev–Trinajstić information content (AvgIpc) is 3.23. The topological polar surface area (TPSA) is 127 Å². The zero-order valence-electron chi connectivity index (χ0n) is 17.2. The summed E-state index contributed by atoms with van der Waals surface area (Å²) in [5, 5.41) is 0. The first-order valence-corrected chi connectivity index (χ1v) is 9.25. The zero-order chi connectivity index (χ0) is 23.5. The molecule has 3 rings (SSSR count). The van der Waals surface area contributed by atoms with Crippen molar-refractivity contribution < 1.29 is 37.0 Å². The SMILES string of the molecule is CC(C)Oc1cc(-c2nc(COC=O)co2)ccc1OC(F)F.NC(=O)c1cccnc1. The van der Waals surface area contributed by atoms with Crippen molar-refractivity contribution in [3.8, 4) is 23.0 Å². The summed E-state index contributed by atoms with van der Waals surface area (Å²) in [6, 6.07) is 7.65. The maximum absolute atomic E-state index is 12.4. The Morgan fingerprint density at radius 1 is 1.22 bits per heavy atom. The number of oxazole rings is 1. The molecule has 0 bridgehead atoms. The molecule has 2 aromatic heterocycles. The van der Waals surface area contributed by atoms with E-state index in [1.807, 2.05) is 0 Å². The quantitative estimate of drug-likeness (QED) is 0.491. The van der Waals surface area contributed by atoms with E-state index in [9.17, 15) is 18.4 Å². The molecular formula is C21H21F2N3O6. The molecule has 0 aliphatic rings. The first-order chi connectivity index (χ1) is 15.3. The van der Waals surface area contributed by atoms with Crippen LogP contribution in [0.1, 0.15) is 29.9 Å². The van der Waals surface area contributed by atoms with Crippen LogP contribution in [0.3, 0.4) is 0 Å². The fraction of sp³-hybridized carbons (Fsp3) is 0.238. The third-order valence-corrected chi connectivity index (χ3v) is 3.57. The first kappa shape index (κ1) is 24.3. The largest absolute Gasteiger partial charge is 0.487 e. The second kappa shape index (κ2) is 12.0. The lowest BCUT2D eigenvalue weighted by molar-refractivity contribution is -0.129. The van der Waals surface area contributed by atoms with Crippen molar-refractivity contribution in [1.82, 2.24) is 9.97 Å². The molecule has 0 saturated heterocycles. The number of halogens is 2. The van der Waals surface area contributed by atoms with Crippen molar-refractivity contribution >= 4 is 12.4 Å². The van der Waals surface area contributed by atoms with Crippen molar-refractivity contribution in [1.29, 1.82) is 0 Å². The lowest BCUT2D eigenvalue weighted by atomic mass is 10.2. The summed E-state index contributed by atoms with van der Waals surface area (Å²) in [6.45, 7) is 0.857. The fourth-order valence-corrected chi connectivity index (χ4v) is 2.31. The van der Waals surface area contributed by atoms with Crippen LogP contribution in [-0.2, 0) is 16.1 Å². The van der Waals surface area contributed by atoms with Crippen LogP contribution in [0.25, 0.3) is 11.5 Å². The van der Waals surface area contributed by atoms with E-state index in [0.29, 0.717) is 23.3 Å². The van der Waals surface area contributed by atoms with Gasteiger partial charge in [-0.2, -0.15) is 8.78 Å². The number of benzene rings is 1. The maximum atomic E-state index is 12.4. The summed E-state index contributed by atoms with van der Waals surface area (Å²) in [5.74, 6) is -0.120. The number of pyridine rings is 1. The van der Waals surface area contributed by atoms with Crippen LogP contribution in [-0.4, -0.2) is 35.1 Å². The molecule has 170 valence electrons. The number of carbonyl (C=O) groups is 2. The highest BCUT2D eigenvalue weighted by molar-refractivity contribution is 5.92. The van der Waals surface area contributed by atoms with Crippen molar-refractivity contribution in [2.45, 2.75) is 33.2 Å². The molecule has 9 nitrogen and oxygen atoms in total. The Kier molecular flexibility index (Phi) is 9.08. The number of carbonyl (C=O) groups excluding carboxylic acids is 2. The molecule has 11 heteroatoms. The number of ether oxygens (including phenoxy) is 3.